The van der Waals surface area contributed by atoms with Crippen LogP contribution >= 0.6 is 0 Å². The van der Waals surface area contributed by atoms with Crippen LogP contribution in [0.1, 0.15) is 12.8 Å². The molecule has 2 aromatic rings. The Balaban J connectivity index is 1.52. The highest BCUT2D eigenvalue weighted by Crippen LogP contribution is 2.31. The minimum Gasteiger partial charge on any atom is -0.345 e. The molecule has 1 aliphatic rings. The smallest absolute Gasteiger partial charge is 0.243 e. The summed E-state index contributed by atoms with van der Waals surface area (Å²) in [5.41, 5.74) is 6.54. The van der Waals surface area contributed by atoms with Crippen LogP contribution in [0.2, 0.25) is 0 Å². The number of nitrogens with two attached hydrogens (primary N) is 1. The number of carbonyl (C=O) groups is 2. The van der Waals surface area contributed by atoms with Gasteiger partial charge in [0.05, 0.1) is 17.8 Å². The van der Waals surface area contributed by atoms with Gasteiger partial charge in [-0.15, -0.1) is 0 Å². The summed E-state index contributed by atoms with van der Waals surface area (Å²) in [6.45, 7) is -0.0846. The van der Waals surface area contributed by atoms with Gasteiger partial charge in [0.15, 0.2) is 0 Å². The molecule has 0 saturated heterocycles. The number of nitrogens with one attached hydrogen (secondary N) is 2. The Morgan fingerprint density at radius 3 is 2.59 bits per heavy atom. The number of rotatable bonds is 5. The first-order valence-electron chi connectivity index (χ1n) is 7.04. The number of amides is 2. The largest absolute Gasteiger partial charge is 0.345 e. The molecule has 1 aromatic heterocycles. The topological polar surface area (TPSA) is 102 Å². The Labute approximate surface area is 127 Å². The SMILES string of the molecule is NC1(C(=O)NCC(=O)Nc2ccc(-n3cccn3)cc2)CC1. The molecule has 3 rings (SSSR count). The third-order valence-electron chi connectivity index (χ3n) is 3.57. The van der Waals surface area contributed by atoms with Crippen LogP contribution in [0.15, 0.2) is 42.7 Å². The molecule has 1 aliphatic carbocycles. The van der Waals surface area contributed by atoms with Gasteiger partial charge in [-0.1, -0.05) is 0 Å². The number of nitrogens with zero attached hydrogens (tertiary/aromatic N) is 2. The number of carbonyl (C=O) groups excluding carboxylic acids is 2. The van der Waals surface area contributed by atoms with Gasteiger partial charge in [0.25, 0.3) is 0 Å². The Morgan fingerprint density at radius 1 is 1.27 bits per heavy atom. The highest BCUT2D eigenvalue weighted by molar-refractivity contribution is 5.97. The van der Waals surface area contributed by atoms with Gasteiger partial charge in [-0.25, -0.2) is 4.68 Å². The first kappa shape index (κ1) is 14.3. The molecule has 22 heavy (non-hydrogen) atoms. The lowest BCUT2D eigenvalue weighted by molar-refractivity contribution is -0.125. The van der Waals surface area contributed by atoms with Crippen LogP contribution in [0.5, 0.6) is 0 Å². The van der Waals surface area contributed by atoms with Gasteiger partial charge >= 0.3 is 0 Å². The number of aromatic nitrogens is 2. The second-order valence-electron chi connectivity index (χ2n) is 5.38. The summed E-state index contributed by atoms with van der Waals surface area (Å²) in [5, 5.41) is 9.39. The second-order valence-corrected chi connectivity index (χ2v) is 5.38. The molecule has 7 heteroatoms. The van der Waals surface area contributed by atoms with E-state index in [2.05, 4.69) is 15.7 Å². The zero-order valence-corrected chi connectivity index (χ0v) is 12.0. The van der Waals surface area contributed by atoms with Crippen LogP contribution in [0.4, 0.5) is 5.69 Å². The molecule has 2 amide bonds. The number of hydrogen-bond donors (Lipinski definition) is 3. The van der Waals surface area contributed by atoms with Crippen molar-refractivity contribution >= 4 is 17.5 Å². The molecule has 1 heterocycles. The molecule has 1 saturated carbocycles. The highest BCUT2D eigenvalue weighted by atomic mass is 16.2. The Bertz CT molecular complexity index is 674. The average Bonchev–Trinajstić information content (AvgIpc) is 3.04. The average molecular weight is 299 g/mol. The zero-order chi connectivity index (χ0) is 15.6. The lowest BCUT2D eigenvalue weighted by atomic mass is 10.2. The lowest BCUT2D eigenvalue weighted by Crippen LogP contribution is -2.45. The van der Waals surface area contributed by atoms with Crippen LogP contribution in [0, 0.1) is 0 Å². The molecule has 0 atom stereocenters. The normalized spacial score (nSPS) is 15.1. The van der Waals surface area contributed by atoms with E-state index in [1.165, 1.54) is 0 Å². The summed E-state index contributed by atoms with van der Waals surface area (Å²) in [5.74, 6) is -0.555. The summed E-state index contributed by atoms with van der Waals surface area (Å²) in [6.07, 6.45) is 4.89. The molecule has 4 N–H and O–H groups in total. The maximum Gasteiger partial charge on any atom is 0.243 e. The predicted octanol–water partition coefficient (Wildman–Crippen LogP) is 0.418. The van der Waals surface area contributed by atoms with E-state index in [-0.39, 0.29) is 18.4 Å². The molecule has 1 fully saturated rings. The van der Waals surface area contributed by atoms with Crippen molar-refractivity contribution in [3.63, 3.8) is 0 Å². The summed E-state index contributed by atoms with van der Waals surface area (Å²) in [7, 11) is 0. The van der Waals surface area contributed by atoms with E-state index in [0.29, 0.717) is 18.5 Å². The highest BCUT2D eigenvalue weighted by Gasteiger charge is 2.45. The van der Waals surface area contributed by atoms with Crippen molar-refractivity contribution in [3.05, 3.63) is 42.7 Å². The standard InChI is InChI=1S/C15H17N5O2/c16-15(6-7-15)14(22)17-10-13(21)19-11-2-4-12(5-3-11)20-9-1-8-18-20/h1-5,8-9H,6-7,10,16H2,(H,17,22)(H,19,21). The van der Waals surface area contributed by atoms with Crippen LogP contribution in [-0.2, 0) is 9.59 Å². The molecule has 0 aliphatic heterocycles. The second kappa shape index (κ2) is 5.61. The molecule has 0 bridgehead atoms. The third-order valence-corrected chi connectivity index (χ3v) is 3.57. The molecule has 0 radical (unpaired) electrons. The maximum atomic E-state index is 11.8. The van der Waals surface area contributed by atoms with Gasteiger partial charge in [-0.05, 0) is 43.2 Å². The number of hydrogen-bond acceptors (Lipinski definition) is 4. The van der Waals surface area contributed by atoms with Crippen LogP contribution in [0.25, 0.3) is 5.69 Å². The van der Waals surface area contributed by atoms with Crippen molar-refractivity contribution in [2.45, 2.75) is 18.4 Å². The van der Waals surface area contributed by atoms with Crippen molar-refractivity contribution in [2.24, 2.45) is 5.73 Å². The van der Waals surface area contributed by atoms with Gasteiger partial charge < -0.3 is 16.4 Å². The van der Waals surface area contributed by atoms with E-state index >= 15 is 0 Å². The quantitative estimate of drug-likeness (QED) is 0.744. The van der Waals surface area contributed by atoms with Crippen LogP contribution in [0.3, 0.4) is 0 Å². The fourth-order valence-electron chi connectivity index (χ4n) is 2.02. The Kier molecular flexibility index (Phi) is 3.64. The minimum atomic E-state index is -0.758. The molecular weight excluding hydrogens is 282 g/mol. The molecule has 7 nitrogen and oxygen atoms in total. The fourth-order valence-corrected chi connectivity index (χ4v) is 2.02. The van der Waals surface area contributed by atoms with Gasteiger partial charge in [0.1, 0.15) is 0 Å². The van der Waals surface area contributed by atoms with E-state index in [1.807, 2.05) is 24.4 Å². The number of anilines is 1. The van der Waals surface area contributed by atoms with E-state index in [4.69, 9.17) is 5.73 Å². The van der Waals surface area contributed by atoms with Crippen LogP contribution < -0.4 is 16.4 Å². The monoisotopic (exact) mass is 299 g/mol. The van der Waals surface area contributed by atoms with E-state index in [9.17, 15) is 9.59 Å². The number of benzene rings is 1. The summed E-state index contributed by atoms with van der Waals surface area (Å²) >= 11 is 0. The summed E-state index contributed by atoms with van der Waals surface area (Å²) in [6, 6.07) is 9.09. The third kappa shape index (κ3) is 3.15. The Hall–Kier alpha value is -2.67. The molecular formula is C15H17N5O2. The predicted molar refractivity (Wildman–Crippen MR) is 81.4 cm³/mol. The zero-order valence-electron chi connectivity index (χ0n) is 12.0. The van der Waals surface area contributed by atoms with Gasteiger partial charge in [-0.2, -0.15) is 5.10 Å². The fraction of sp³-hybridized carbons (Fsp3) is 0.267. The molecule has 0 unspecified atom stereocenters. The van der Waals surface area contributed by atoms with E-state index in [0.717, 1.165) is 5.69 Å². The summed E-state index contributed by atoms with van der Waals surface area (Å²) < 4.78 is 1.72. The molecule has 1 aromatic carbocycles. The van der Waals surface area contributed by atoms with Gasteiger partial charge in [0.2, 0.25) is 11.8 Å². The van der Waals surface area contributed by atoms with Gasteiger partial charge in [-0.3, -0.25) is 9.59 Å². The van der Waals surface area contributed by atoms with E-state index in [1.54, 1.807) is 23.0 Å². The van der Waals surface area contributed by atoms with Crippen molar-refractivity contribution in [3.8, 4) is 5.69 Å². The minimum absolute atomic E-state index is 0.0846. The van der Waals surface area contributed by atoms with Gasteiger partial charge in [0, 0.05) is 18.1 Å². The van der Waals surface area contributed by atoms with Crippen molar-refractivity contribution in [1.29, 1.82) is 0 Å². The van der Waals surface area contributed by atoms with Crippen molar-refractivity contribution in [2.75, 3.05) is 11.9 Å². The van der Waals surface area contributed by atoms with Crippen LogP contribution in [-0.4, -0.2) is 33.7 Å². The first-order chi connectivity index (χ1) is 10.6. The Morgan fingerprint density at radius 2 is 2.00 bits per heavy atom. The summed E-state index contributed by atoms with van der Waals surface area (Å²) in [4.78, 5) is 23.4. The molecule has 0 spiro atoms. The maximum absolute atomic E-state index is 11.8. The first-order valence-corrected chi connectivity index (χ1v) is 7.04. The lowest BCUT2D eigenvalue weighted by Gasteiger charge is -2.10. The van der Waals surface area contributed by atoms with Crippen molar-refractivity contribution < 1.29 is 9.59 Å². The van der Waals surface area contributed by atoms with E-state index < -0.39 is 5.54 Å². The van der Waals surface area contributed by atoms with Crippen molar-refractivity contribution in [1.82, 2.24) is 15.1 Å². The molecule has 114 valence electrons.